The monoisotopic (exact) mass is 540 g/mol. The van der Waals surface area contributed by atoms with Crippen molar-refractivity contribution in [3.05, 3.63) is 105 Å². The van der Waals surface area contributed by atoms with Crippen molar-refractivity contribution in [1.82, 2.24) is 4.90 Å². The number of nitriles is 1. The van der Waals surface area contributed by atoms with Gasteiger partial charge in [0, 0.05) is 16.5 Å². The topological polar surface area (TPSA) is 79.6 Å². The highest BCUT2D eigenvalue weighted by Gasteiger charge is 2.45. The van der Waals surface area contributed by atoms with Crippen LogP contribution >= 0.6 is 23.2 Å². The largest absolute Gasteiger partial charge is 0.465 e. The number of carbonyl (C=O) groups is 2. The van der Waals surface area contributed by atoms with Gasteiger partial charge >= 0.3 is 5.97 Å². The van der Waals surface area contributed by atoms with E-state index in [-0.39, 0.29) is 25.1 Å². The van der Waals surface area contributed by atoms with Crippen LogP contribution in [0.15, 0.2) is 66.7 Å². The van der Waals surface area contributed by atoms with Crippen LogP contribution in [0.3, 0.4) is 0 Å². The molecule has 2 unspecified atom stereocenters. The summed E-state index contributed by atoms with van der Waals surface area (Å²) in [5.41, 5.74) is 2.00. The lowest BCUT2D eigenvalue weighted by Gasteiger charge is -2.44. The first-order valence-electron chi connectivity index (χ1n) is 11.6. The summed E-state index contributed by atoms with van der Waals surface area (Å²) in [4.78, 5) is 27.8. The van der Waals surface area contributed by atoms with Gasteiger partial charge in [-0.15, -0.1) is 0 Å². The zero-order valence-electron chi connectivity index (χ0n) is 19.9. The third-order valence-electron chi connectivity index (χ3n) is 6.10. The van der Waals surface area contributed by atoms with E-state index in [9.17, 15) is 19.2 Å². The van der Waals surface area contributed by atoms with E-state index >= 15 is 0 Å². The number of benzene rings is 3. The third kappa shape index (κ3) is 6.11. The molecule has 1 saturated heterocycles. The molecule has 0 aliphatic carbocycles. The van der Waals surface area contributed by atoms with Crippen molar-refractivity contribution < 1.29 is 23.5 Å². The number of hydrogen-bond acceptors (Lipinski definition) is 5. The maximum atomic E-state index is 13.8. The van der Waals surface area contributed by atoms with E-state index in [1.807, 2.05) is 6.07 Å². The molecule has 6 nitrogen and oxygen atoms in total. The number of esters is 1. The second kappa shape index (κ2) is 11.7. The van der Waals surface area contributed by atoms with E-state index < -0.39 is 35.9 Å². The summed E-state index contributed by atoms with van der Waals surface area (Å²) in [5.74, 6) is -1.57. The van der Waals surface area contributed by atoms with Crippen LogP contribution in [-0.4, -0.2) is 36.0 Å². The van der Waals surface area contributed by atoms with Crippen molar-refractivity contribution in [2.24, 2.45) is 0 Å². The zero-order chi connectivity index (χ0) is 26.5. The number of amides is 1. The van der Waals surface area contributed by atoms with E-state index in [0.29, 0.717) is 21.2 Å². The highest BCUT2D eigenvalue weighted by Crippen LogP contribution is 2.43. The molecular weight excluding hydrogens is 518 g/mol. The van der Waals surface area contributed by atoms with Gasteiger partial charge in [-0.2, -0.15) is 5.26 Å². The second-order valence-electron chi connectivity index (χ2n) is 8.48. The van der Waals surface area contributed by atoms with Crippen LogP contribution in [-0.2, 0) is 25.5 Å². The first-order chi connectivity index (χ1) is 17.8. The predicted molar refractivity (Wildman–Crippen MR) is 136 cm³/mol. The second-order valence-corrected chi connectivity index (χ2v) is 9.35. The smallest absolute Gasteiger partial charge is 0.325 e. The molecule has 1 aliphatic rings. The Bertz CT molecular complexity index is 1330. The lowest BCUT2D eigenvalue weighted by atomic mass is 9.90. The molecule has 1 aliphatic heterocycles. The van der Waals surface area contributed by atoms with Crippen LogP contribution in [0, 0.1) is 17.1 Å². The van der Waals surface area contributed by atoms with Crippen LogP contribution in [0.25, 0.3) is 0 Å². The van der Waals surface area contributed by atoms with Gasteiger partial charge in [0.15, 0.2) is 0 Å². The number of ether oxygens (including phenoxy) is 2. The van der Waals surface area contributed by atoms with E-state index in [0.717, 1.165) is 11.6 Å². The molecule has 1 fully saturated rings. The summed E-state index contributed by atoms with van der Waals surface area (Å²) in [7, 11) is 0. The first-order valence-corrected chi connectivity index (χ1v) is 12.4. The maximum absolute atomic E-state index is 13.8. The fourth-order valence-corrected chi connectivity index (χ4v) is 4.66. The molecule has 0 spiro atoms. The Hall–Kier alpha value is -3.44. The minimum atomic E-state index is -1.05. The summed E-state index contributed by atoms with van der Waals surface area (Å²) in [6.07, 6.45) is -1.73. The summed E-state index contributed by atoms with van der Waals surface area (Å²) < 4.78 is 25.3. The number of halogens is 3. The van der Waals surface area contributed by atoms with Crippen LogP contribution in [0.1, 0.15) is 41.3 Å². The van der Waals surface area contributed by atoms with Crippen molar-refractivity contribution in [3.8, 4) is 6.07 Å². The quantitative estimate of drug-likeness (QED) is 0.353. The summed E-state index contributed by atoms with van der Waals surface area (Å²) >= 11 is 12.2. The van der Waals surface area contributed by atoms with E-state index in [4.69, 9.17) is 32.7 Å². The summed E-state index contributed by atoms with van der Waals surface area (Å²) in [6, 6.07) is 19.1. The van der Waals surface area contributed by atoms with Gasteiger partial charge in [0.25, 0.3) is 5.91 Å². The normalized spacial score (nSPS) is 19.4. The molecule has 3 aromatic rings. The Morgan fingerprint density at radius 1 is 1.05 bits per heavy atom. The van der Waals surface area contributed by atoms with E-state index in [1.54, 1.807) is 55.5 Å². The van der Waals surface area contributed by atoms with Gasteiger partial charge in [-0.1, -0.05) is 53.5 Å². The predicted octanol–water partition coefficient (Wildman–Crippen LogP) is 5.82. The van der Waals surface area contributed by atoms with Crippen molar-refractivity contribution in [1.29, 1.82) is 5.26 Å². The molecule has 0 N–H and O–H groups in total. The van der Waals surface area contributed by atoms with Crippen molar-refractivity contribution in [3.63, 3.8) is 0 Å². The maximum Gasteiger partial charge on any atom is 0.325 e. The number of rotatable bonds is 7. The van der Waals surface area contributed by atoms with Crippen LogP contribution < -0.4 is 0 Å². The fraction of sp³-hybridized carbons (Fsp3) is 0.250. The van der Waals surface area contributed by atoms with Gasteiger partial charge in [0.05, 0.1) is 24.3 Å². The molecule has 3 aromatic carbocycles. The average Bonchev–Trinajstić information content (AvgIpc) is 2.88. The summed E-state index contributed by atoms with van der Waals surface area (Å²) in [6.45, 7) is 1.54. The van der Waals surface area contributed by atoms with Crippen LogP contribution in [0.4, 0.5) is 4.39 Å². The molecule has 4 rings (SSSR count). The molecule has 37 heavy (non-hydrogen) atoms. The average molecular weight is 541 g/mol. The minimum absolute atomic E-state index is 0.0127. The lowest BCUT2D eigenvalue weighted by molar-refractivity contribution is -0.178. The van der Waals surface area contributed by atoms with Gasteiger partial charge in [-0.25, -0.2) is 4.39 Å². The molecule has 1 heterocycles. The van der Waals surface area contributed by atoms with Gasteiger partial charge < -0.3 is 14.4 Å². The third-order valence-corrected chi connectivity index (χ3v) is 6.61. The molecule has 0 aromatic heterocycles. The molecule has 0 bridgehead atoms. The Morgan fingerprint density at radius 2 is 1.68 bits per heavy atom. The molecule has 190 valence electrons. The van der Waals surface area contributed by atoms with Gasteiger partial charge in [0.2, 0.25) is 0 Å². The van der Waals surface area contributed by atoms with Crippen LogP contribution in [0.5, 0.6) is 0 Å². The Kier molecular flexibility index (Phi) is 8.45. The number of carbonyl (C=O) groups excluding carboxylic acids is 2. The van der Waals surface area contributed by atoms with E-state index in [1.165, 1.54) is 17.0 Å². The molecular formula is C28H23Cl2FN2O4. The fourth-order valence-electron chi connectivity index (χ4n) is 4.41. The van der Waals surface area contributed by atoms with Gasteiger partial charge in [0.1, 0.15) is 24.6 Å². The SMILES string of the molecule is CCOC(=O)CN1C(=O)[C@H](Cc2ccc(F)cc2C#N)OC(c2ccc(Cl)cc2)C1c1ccc(Cl)cc1. The van der Waals surface area contributed by atoms with Gasteiger partial charge in [-0.05, 0) is 60.0 Å². The minimum Gasteiger partial charge on any atom is -0.465 e. The standard InChI is InChI=1S/C28H23Cl2FN2O4/c1-2-36-25(34)16-33-26(17-3-8-21(29)9-4-17)27(18-5-10-22(30)11-6-18)37-24(28(33)35)14-19-7-12-23(31)13-20(19)15-32/h3-13,24,26-27H,2,14,16H2,1H3/t24-,26?,27?/m0/s1. The number of hydrogen-bond donors (Lipinski definition) is 0. The molecule has 0 radical (unpaired) electrons. The molecule has 0 saturated carbocycles. The van der Waals surface area contributed by atoms with E-state index in [2.05, 4.69) is 0 Å². The Balaban J connectivity index is 1.80. The molecule has 9 heteroatoms. The van der Waals surface area contributed by atoms with Crippen molar-refractivity contribution in [2.45, 2.75) is 31.6 Å². The lowest BCUT2D eigenvalue weighted by Crippen LogP contribution is -2.53. The zero-order valence-corrected chi connectivity index (χ0v) is 21.4. The van der Waals surface area contributed by atoms with Crippen LogP contribution in [0.2, 0.25) is 10.0 Å². The Labute approximate surface area is 224 Å². The summed E-state index contributed by atoms with van der Waals surface area (Å²) in [5, 5.41) is 10.5. The van der Waals surface area contributed by atoms with Crippen molar-refractivity contribution in [2.75, 3.05) is 13.2 Å². The molecule has 3 atom stereocenters. The molecule has 1 amide bonds. The van der Waals surface area contributed by atoms with Gasteiger partial charge in [-0.3, -0.25) is 9.59 Å². The Morgan fingerprint density at radius 3 is 2.27 bits per heavy atom. The number of morpholine rings is 1. The highest BCUT2D eigenvalue weighted by molar-refractivity contribution is 6.30. The highest BCUT2D eigenvalue weighted by atomic mass is 35.5. The number of nitrogens with zero attached hydrogens (tertiary/aromatic N) is 2. The van der Waals surface area contributed by atoms with Crippen molar-refractivity contribution >= 4 is 35.1 Å². The first kappa shape index (κ1) is 26.6.